The minimum Gasteiger partial charge on any atom is -0.490 e. The van der Waals surface area contributed by atoms with Crippen molar-refractivity contribution < 1.29 is 23.8 Å². The van der Waals surface area contributed by atoms with E-state index in [1.165, 1.54) is 0 Å². The van der Waals surface area contributed by atoms with Crippen LogP contribution in [0.3, 0.4) is 0 Å². The fourth-order valence-electron chi connectivity index (χ4n) is 3.67. The molecule has 6 heteroatoms. The van der Waals surface area contributed by atoms with Gasteiger partial charge in [-0.1, -0.05) is 34.6 Å². The van der Waals surface area contributed by atoms with Crippen LogP contribution in [-0.4, -0.2) is 36.8 Å². The van der Waals surface area contributed by atoms with Crippen LogP contribution in [0.25, 0.3) is 0 Å². The molecule has 0 aliphatic carbocycles. The Balaban J connectivity index is 3.28. The van der Waals surface area contributed by atoms with Crippen LogP contribution in [-0.2, 0) is 14.3 Å². The minimum absolute atomic E-state index is 0.0451. The van der Waals surface area contributed by atoms with Gasteiger partial charge in [0.05, 0.1) is 12.7 Å². The minimum atomic E-state index is -0.924. The molecule has 0 fully saturated rings. The van der Waals surface area contributed by atoms with E-state index in [0.717, 1.165) is 6.42 Å². The number of nitrogens with one attached hydrogen (secondary N) is 1. The molecule has 6 nitrogen and oxygen atoms in total. The van der Waals surface area contributed by atoms with Crippen LogP contribution in [0.1, 0.15) is 85.0 Å². The smallest absolute Gasteiger partial charge is 0.341 e. The molecule has 0 spiro atoms. The molecule has 1 aromatic rings. The first kappa shape index (κ1) is 27.0. The first-order chi connectivity index (χ1) is 14.6. The summed E-state index contributed by atoms with van der Waals surface area (Å²) in [7, 11) is 0. The monoisotopic (exact) mass is 435 g/mol. The third kappa shape index (κ3) is 8.17. The predicted molar refractivity (Wildman–Crippen MR) is 125 cm³/mol. The average Bonchev–Trinajstić information content (AvgIpc) is 2.68. The van der Waals surface area contributed by atoms with Crippen LogP contribution in [0.5, 0.6) is 5.75 Å². The van der Waals surface area contributed by atoms with Crippen LogP contribution in [0, 0.1) is 11.8 Å². The summed E-state index contributed by atoms with van der Waals surface area (Å²) in [6.45, 7) is 16.7. The number of hydrogen-bond acceptors (Lipinski definition) is 5. The number of amides is 1. The van der Waals surface area contributed by atoms with Crippen molar-refractivity contribution in [1.82, 2.24) is 0 Å². The highest BCUT2D eigenvalue weighted by molar-refractivity contribution is 5.99. The third-order valence-corrected chi connectivity index (χ3v) is 4.95. The summed E-state index contributed by atoms with van der Waals surface area (Å²) < 4.78 is 17.2. The molecule has 0 saturated heterocycles. The molecule has 1 unspecified atom stereocenters. The molecule has 0 saturated carbocycles. The topological polar surface area (TPSA) is 73.9 Å². The normalized spacial score (nSPS) is 12.7. The summed E-state index contributed by atoms with van der Waals surface area (Å²) >= 11 is 0. The second-order valence-corrected chi connectivity index (χ2v) is 8.85. The van der Waals surface area contributed by atoms with Gasteiger partial charge in [-0.05, 0) is 70.1 Å². The van der Waals surface area contributed by atoms with Crippen LogP contribution >= 0.6 is 0 Å². The van der Waals surface area contributed by atoms with E-state index in [-0.39, 0.29) is 30.5 Å². The van der Waals surface area contributed by atoms with Crippen molar-refractivity contribution >= 4 is 17.6 Å². The lowest BCUT2D eigenvalue weighted by Gasteiger charge is -2.35. The lowest BCUT2D eigenvalue weighted by Crippen LogP contribution is -2.47. The number of rotatable bonds is 13. The maximum atomic E-state index is 13.4. The highest BCUT2D eigenvalue weighted by atomic mass is 16.5. The predicted octanol–water partition coefficient (Wildman–Crippen LogP) is 5.85. The van der Waals surface area contributed by atoms with E-state index >= 15 is 0 Å². The zero-order chi connectivity index (χ0) is 23.6. The Hall–Kier alpha value is -2.08. The Morgan fingerprint density at radius 3 is 2.06 bits per heavy atom. The van der Waals surface area contributed by atoms with Gasteiger partial charge >= 0.3 is 5.97 Å². The van der Waals surface area contributed by atoms with Crippen LogP contribution in [0.4, 0.5) is 5.69 Å². The van der Waals surface area contributed by atoms with E-state index in [4.69, 9.17) is 14.2 Å². The van der Waals surface area contributed by atoms with Gasteiger partial charge in [0.2, 0.25) is 0 Å². The van der Waals surface area contributed by atoms with Gasteiger partial charge in [-0.3, -0.25) is 4.79 Å². The van der Waals surface area contributed by atoms with Gasteiger partial charge in [-0.15, -0.1) is 0 Å². The summed E-state index contributed by atoms with van der Waals surface area (Å²) in [5.41, 5.74) is -0.108. The molecule has 31 heavy (non-hydrogen) atoms. The molecule has 0 heterocycles. The van der Waals surface area contributed by atoms with E-state index in [0.29, 0.717) is 36.4 Å². The van der Waals surface area contributed by atoms with E-state index in [1.54, 1.807) is 25.1 Å². The summed E-state index contributed by atoms with van der Waals surface area (Å²) in [5.74, 6) is 0.362. The third-order valence-electron chi connectivity index (χ3n) is 4.95. The second kappa shape index (κ2) is 12.7. The molecule has 0 aliphatic heterocycles. The number of ether oxygens (including phenoxy) is 3. The van der Waals surface area contributed by atoms with Gasteiger partial charge in [-0.2, -0.15) is 0 Å². The van der Waals surface area contributed by atoms with Gasteiger partial charge in [0.1, 0.15) is 16.9 Å². The summed E-state index contributed by atoms with van der Waals surface area (Å²) in [4.78, 5) is 26.0. The molecular formula is C25H41NO5. The maximum Gasteiger partial charge on any atom is 0.341 e. The molecule has 1 N–H and O–H groups in total. The molecular weight excluding hydrogens is 394 g/mol. The van der Waals surface area contributed by atoms with Gasteiger partial charge in [0, 0.05) is 12.3 Å². The van der Waals surface area contributed by atoms with Crippen molar-refractivity contribution in [3.8, 4) is 5.75 Å². The van der Waals surface area contributed by atoms with E-state index in [9.17, 15) is 9.59 Å². The highest BCUT2D eigenvalue weighted by Gasteiger charge is 2.40. The largest absolute Gasteiger partial charge is 0.490 e. The lowest BCUT2D eigenvalue weighted by molar-refractivity contribution is -0.146. The van der Waals surface area contributed by atoms with Crippen molar-refractivity contribution in [2.75, 3.05) is 18.5 Å². The average molecular weight is 436 g/mol. The fraction of sp³-hybridized carbons (Fsp3) is 0.680. The van der Waals surface area contributed by atoms with Crippen LogP contribution in [0.2, 0.25) is 0 Å². The standard InChI is InChI=1S/C25H41NO5/c1-9-19(8)31-22-13-12-20(14-21(22)23(27)29-10-2)26-24(28)25(30-11-3,15-17(4)5)16-18(6)7/h12-14,17-19H,9-11,15-16H2,1-8H3,(H,26,28). The first-order valence-corrected chi connectivity index (χ1v) is 11.5. The molecule has 176 valence electrons. The SMILES string of the molecule is CCOC(=O)c1cc(NC(=O)C(CC(C)C)(CC(C)C)OCC)ccc1OC(C)CC. The first-order valence-electron chi connectivity index (χ1n) is 11.5. The Morgan fingerprint density at radius 2 is 1.58 bits per heavy atom. The van der Waals surface area contributed by atoms with Crippen LogP contribution < -0.4 is 10.1 Å². The van der Waals surface area contributed by atoms with Crippen molar-refractivity contribution in [3.63, 3.8) is 0 Å². The Labute approximate surface area is 188 Å². The highest BCUT2D eigenvalue weighted by Crippen LogP contribution is 2.32. The van der Waals surface area contributed by atoms with Crippen molar-refractivity contribution in [2.45, 2.75) is 86.4 Å². The zero-order valence-electron chi connectivity index (χ0n) is 20.5. The van der Waals surface area contributed by atoms with E-state index in [1.807, 2.05) is 20.8 Å². The number of esters is 1. The summed E-state index contributed by atoms with van der Waals surface area (Å²) in [5, 5.41) is 2.98. The van der Waals surface area contributed by atoms with E-state index in [2.05, 4.69) is 33.0 Å². The van der Waals surface area contributed by atoms with E-state index < -0.39 is 11.6 Å². The summed E-state index contributed by atoms with van der Waals surface area (Å²) in [6, 6.07) is 5.08. The molecule has 0 aromatic heterocycles. The summed E-state index contributed by atoms with van der Waals surface area (Å²) in [6.07, 6.45) is 1.99. The second-order valence-electron chi connectivity index (χ2n) is 8.85. The van der Waals surface area contributed by atoms with Gasteiger partial charge in [0.15, 0.2) is 0 Å². The molecule has 1 aromatic carbocycles. The molecule has 0 aliphatic rings. The van der Waals surface area contributed by atoms with Crippen molar-refractivity contribution in [2.24, 2.45) is 11.8 Å². The van der Waals surface area contributed by atoms with Crippen molar-refractivity contribution in [3.05, 3.63) is 23.8 Å². The number of anilines is 1. The molecule has 1 rings (SSSR count). The number of benzene rings is 1. The van der Waals surface area contributed by atoms with Crippen LogP contribution in [0.15, 0.2) is 18.2 Å². The number of carbonyl (C=O) groups is 2. The quantitative estimate of drug-likeness (QED) is 0.394. The lowest BCUT2D eigenvalue weighted by atomic mass is 9.83. The molecule has 1 amide bonds. The molecule has 0 bridgehead atoms. The van der Waals surface area contributed by atoms with Gasteiger partial charge in [-0.25, -0.2) is 4.79 Å². The fourth-order valence-corrected chi connectivity index (χ4v) is 3.67. The molecule has 1 atom stereocenters. The Kier molecular flexibility index (Phi) is 11.0. The van der Waals surface area contributed by atoms with Gasteiger partial charge < -0.3 is 19.5 Å². The Bertz CT molecular complexity index is 704. The number of carbonyl (C=O) groups excluding carboxylic acids is 2. The Morgan fingerprint density at radius 1 is 0.968 bits per heavy atom. The molecule has 0 radical (unpaired) electrons. The number of hydrogen-bond donors (Lipinski definition) is 1. The maximum absolute atomic E-state index is 13.4. The van der Waals surface area contributed by atoms with Gasteiger partial charge in [0.25, 0.3) is 5.91 Å². The van der Waals surface area contributed by atoms with Crippen molar-refractivity contribution in [1.29, 1.82) is 0 Å². The zero-order valence-corrected chi connectivity index (χ0v) is 20.5.